The number of carbonyl (C=O) groups is 1. The zero-order valence-corrected chi connectivity index (χ0v) is 17.2. The van der Waals surface area contributed by atoms with Crippen molar-refractivity contribution >= 4 is 11.6 Å². The summed E-state index contributed by atoms with van der Waals surface area (Å²) in [4.78, 5) is 25.3. The van der Waals surface area contributed by atoms with Crippen molar-refractivity contribution in [2.45, 2.75) is 39.3 Å². The molecule has 2 aromatic rings. The SMILES string of the molecule is C=C(N[C@H](C)CC)c1cc(C(=O)NC)c(=O)n([C@@H](C)c2cccc(OC)c2)c1. The van der Waals surface area contributed by atoms with Gasteiger partial charge in [-0.25, -0.2) is 0 Å². The highest BCUT2D eigenvalue weighted by atomic mass is 16.5. The van der Waals surface area contributed by atoms with E-state index in [1.165, 1.54) is 7.05 Å². The lowest BCUT2D eigenvalue weighted by Gasteiger charge is -2.21. The van der Waals surface area contributed by atoms with Crippen molar-refractivity contribution in [1.82, 2.24) is 15.2 Å². The number of benzene rings is 1. The molecule has 2 rings (SSSR count). The summed E-state index contributed by atoms with van der Waals surface area (Å²) in [5.74, 6) is 0.290. The predicted molar refractivity (Wildman–Crippen MR) is 113 cm³/mol. The van der Waals surface area contributed by atoms with Crippen molar-refractivity contribution in [1.29, 1.82) is 0 Å². The van der Waals surface area contributed by atoms with Crippen LogP contribution >= 0.6 is 0 Å². The van der Waals surface area contributed by atoms with Gasteiger partial charge in [0, 0.05) is 30.5 Å². The van der Waals surface area contributed by atoms with E-state index in [0.717, 1.165) is 12.0 Å². The highest BCUT2D eigenvalue weighted by Gasteiger charge is 2.19. The Balaban J connectivity index is 2.58. The second-order valence-corrected chi connectivity index (χ2v) is 6.82. The lowest BCUT2D eigenvalue weighted by molar-refractivity contribution is 0.0961. The summed E-state index contributed by atoms with van der Waals surface area (Å²) >= 11 is 0. The quantitative estimate of drug-likeness (QED) is 0.734. The molecule has 0 saturated carbocycles. The number of aromatic nitrogens is 1. The van der Waals surface area contributed by atoms with Gasteiger partial charge in [-0.15, -0.1) is 0 Å². The van der Waals surface area contributed by atoms with E-state index in [-0.39, 0.29) is 23.2 Å². The number of hydrogen-bond acceptors (Lipinski definition) is 4. The molecule has 0 radical (unpaired) electrons. The molecule has 1 amide bonds. The van der Waals surface area contributed by atoms with E-state index >= 15 is 0 Å². The summed E-state index contributed by atoms with van der Waals surface area (Å²) in [5.41, 5.74) is 2.01. The van der Waals surface area contributed by atoms with Crippen LogP contribution in [0.4, 0.5) is 0 Å². The zero-order chi connectivity index (χ0) is 20.8. The summed E-state index contributed by atoms with van der Waals surface area (Å²) in [5, 5.41) is 5.85. The van der Waals surface area contributed by atoms with Crippen LogP contribution in [-0.2, 0) is 0 Å². The van der Waals surface area contributed by atoms with Gasteiger partial charge in [-0.2, -0.15) is 0 Å². The van der Waals surface area contributed by atoms with E-state index < -0.39 is 5.91 Å². The molecular weight excluding hydrogens is 354 g/mol. The summed E-state index contributed by atoms with van der Waals surface area (Å²) in [6, 6.07) is 9.07. The van der Waals surface area contributed by atoms with E-state index in [4.69, 9.17) is 4.74 Å². The Morgan fingerprint density at radius 1 is 1.29 bits per heavy atom. The van der Waals surface area contributed by atoms with Gasteiger partial charge in [0.1, 0.15) is 11.3 Å². The van der Waals surface area contributed by atoms with Crippen LogP contribution in [-0.4, -0.2) is 30.7 Å². The first kappa shape index (κ1) is 21.3. The van der Waals surface area contributed by atoms with Crippen molar-refractivity contribution in [3.63, 3.8) is 0 Å². The standard InChI is InChI=1S/C22H29N3O3/c1-7-14(2)24-15(3)18-12-20(21(26)23-5)22(27)25(13-18)16(4)17-9-8-10-19(11-17)28-6/h8-14,16,24H,3,7H2,1-2,4-6H3,(H,23,26)/t14-,16+/m1/s1. The molecule has 0 unspecified atom stereocenters. The number of pyridine rings is 1. The first-order valence-electron chi connectivity index (χ1n) is 9.40. The fourth-order valence-corrected chi connectivity index (χ4v) is 2.90. The third kappa shape index (κ3) is 4.63. The van der Waals surface area contributed by atoms with Gasteiger partial charge in [0.2, 0.25) is 0 Å². The topological polar surface area (TPSA) is 72.4 Å². The fraction of sp³-hybridized carbons (Fsp3) is 0.364. The van der Waals surface area contributed by atoms with Crippen molar-refractivity contribution in [3.05, 3.63) is 70.2 Å². The van der Waals surface area contributed by atoms with Gasteiger partial charge in [-0.05, 0) is 44.0 Å². The maximum atomic E-state index is 13.0. The van der Waals surface area contributed by atoms with Crippen molar-refractivity contribution < 1.29 is 9.53 Å². The van der Waals surface area contributed by atoms with Crippen LogP contribution in [0.3, 0.4) is 0 Å². The lowest BCUT2D eigenvalue weighted by Crippen LogP contribution is -2.34. The highest BCUT2D eigenvalue weighted by molar-refractivity contribution is 5.94. The van der Waals surface area contributed by atoms with Crippen LogP contribution < -0.4 is 20.9 Å². The van der Waals surface area contributed by atoms with Crippen molar-refractivity contribution in [3.8, 4) is 5.75 Å². The Labute approximate surface area is 166 Å². The second kappa shape index (κ2) is 9.26. The van der Waals surface area contributed by atoms with Crippen LogP contribution in [0.5, 0.6) is 5.75 Å². The molecule has 2 atom stereocenters. The van der Waals surface area contributed by atoms with Gasteiger partial charge < -0.3 is 19.9 Å². The molecule has 0 aliphatic rings. The minimum absolute atomic E-state index is 0.0850. The van der Waals surface area contributed by atoms with E-state index in [1.807, 2.05) is 31.2 Å². The molecule has 0 fully saturated rings. The molecule has 0 aliphatic heterocycles. The molecule has 1 aromatic carbocycles. The molecule has 150 valence electrons. The Morgan fingerprint density at radius 3 is 2.61 bits per heavy atom. The molecule has 1 aromatic heterocycles. The second-order valence-electron chi connectivity index (χ2n) is 6.82. The van der Waals surface area contributed by atoms with E-state index in [0.29, 0.717) is 17.0 Å². The number of carbonyl (C=O) groups excluding carboxylic acids is 1. The Kier molecular flexibility index (Phi) is 7.04. The molecular formula is C22H29N3O3. The van der Waals surface area contributed by atoms with Crippen LogP contribution in [0, 0.1) is 0 Å². The highest BCUT2D eigenvalue weighted by Crippen LogP contribution is 2.23. The van der Waals surface area contributed by atoms with Crippen molar-refractivity contribution in [2.75, 3.05) is 14.2 Å². The summed E-state index contributed by atoms with van der Waals surface area (Å²) < 4.78 is 6.86. The van der Waals surface area contributed by atoms with Crippen LogP contribution in [0.2, 0.25) is 0 Å². The first-order chi connectivity index (χ1) is 13.3. The fourth-order valence-electron chi connectivity index (χ4n) is 2.90. The zero-order valence-electron chi connectivity index (χ0n) is 17.2. The van der Waals surface area contributed by atoms with E-state index in [9.17, 15) is 9.59 Å². The van der Waals surface area contributed by atoms with Crippen LogP contribution in [0.15, 0.2) is 47.9 Å². The molecule has 0 spiro atoms. The minimum Gasteiger partial charge on any atom is -0.497 e. The number of nitrogens with one attached hydrogen (secondary N) is 2. The summed E-state index contributed by atoms with van der Waals surface area (Å²) in [7, 11) is 3.11. The number of amides is 1. The normalized spacial score (nSPS) is 12.8. The average molecular weight is 383 g/mol. The number of hydrogen-bond donors (Lipinski definition) is 2. The molecule has 1 heterocycles. The van der Waals surface area contributed by atoms with Crippen LogP contribution in [0.1, 0.15) is 54.7 Å². The van der Waals surface area contributed by atoms with Gasteiger partial charge >= 0.3 is 0 Å². The van der Waals surface area contributed by atoms with Gasteiger partial charge in [-0.3, -0.25) is 9.59 Å². The van der Waals surface area contributed by atoms with Gasteiger partial charge in [0.05, 0.1) is 13.2 Å². The van der Waals surface area contributed by atoms with Crippen LogP contribution in [0.25, 0.3) is 5.70 Å². The Hall–Kier alpha value is -3.02. The lowest BCUT2D eigenvalue weighted by atomic mass is 10.1. The molecule has 2 N–H and O–H groups in total. The molecule has 28 heavy (non-hydrogen) atoms. The average Bonchev–Trinajstić information content (AvgIpc) is 2.72. The molecule has 6 heteroatoms. The van der Waals surface area contributed by atoms with E-state index in [1.54, 1.807) is 23.9 Å². The monoisotopic (exact) mass is 383 g/mol. The third-order valence-corrected chi connectivity index (χ3v) is 4.89. The first-order valence-corrected chi connectivity index (χ1v) is 9.40. The molecule has 0 saturated heterocycles. The van der Waals surface area contributed by atoms with Gasteiger partial charge in [-0.1, -0.05) is 25.6 Å². The number of ether oxygens (including phenoxy) is 1. The summed E-state index contributed by atoms with van der Waals surface area (Å²) in [6.45, 7) is 10.1. The van der Waals surface area contributed by atoms with Gasteiger partial charge in [0.25, 0.3) is 11.5 Å². The Bertz CT molecular complexity index is 917. The minimum atomic E-state index is -0.421. The third-order valence-electron chi connectivity index (χ3n) is 4.89. The van der Waals surface area contributed by atoms with Crippen molar-refractivity contribution in [2.24, 2.45) is 0 Å². The maximum absolute atomic E-state index is 13.0. The van der Waals surface area contributed by atoms with Gasteiger partial charge in [0.15, 0.2) is 0 Å². The Morgan fingerprint density at radius 2 is 2.00 bits per heavy atom. The maximum Gasteiger partial charge on any atom is 0.263 e. The van der Waals surface area contributed by atoms with E-state index in [2.05, 4.69) is 31.1 Å². The number of nitrogens with zero attached hydrogens (tertiary/aromatic N) is 1. The number of rotatable bonds is 8. The molecule has 6 nitrogen and oxygen atoms in total. The largest absolute Gasteiger partial charge is 0.497 e. The summed E-state index contributed by atoms with van der Waals surface area (Å²) in [6.07, 6.45) is 2.68. The molecule has 0 aliphatic carbocycles. The predicted octanol–water partition coefficient (Wildman–Crippen LogP) is 3.18. The molecule has 0 bridgehead atoms. The number of methoxy groups -OCH3 is 1. The smallest absolute Gasteiger partial charge is 0.263 e.